The fourth-order valence-electron chi connectivity index (χ4n) is 3.13. The molecule has 120 valence electrons. The van der Waals surface area contributed by atoms with Gasteiger partial charge in [-0.05, 0) is 33.6 Å². The molecule has 0 fully saturated rings. The van der Waals surface area contributed by atoms with Crippen molar-refractivity contribution < 1.29 is 0 Å². The third-order valence-corrected chi connectivity index (χ3v) is 20.3. The Morgan fingerprint density at radius 3 is 1.80 bits per heavy atom. The molecule has 20 heavy (non-hydrogen) atoms. The lowest BCUT2D eigenvalue weighted by Gasteiger charge is -2.31. The lowest BCUT2D eigenvalue weighted by atomic mass is 10.0. The summed E-state index contributed by atoms with van der Waals surface area (Å²) in [4.78, 5) is 0. The van der Waals surface area contributed by atoms with Crippen molar-refractivity contribution in [3.8, 4) is 0 Å². The van der Waals surface area contributed by atoms with Gasteiger partial charge in [0.1, 0.15) is 0 Å². The van der Waals surface area contributed by atoms with E-state index in [1.807, 2.05) is 5.20 Å². The molecular weight excluding hydrogens is 274 g/mol. The first-order valence-electron chi connectivity index (χ1n) is 8.81. The predicted molar refractivity (Wildman–Crippen MR) is 101 cm³/mol. The van der Waals surface area contributed by atoms with E-state index in [1.165, 1.54) is 31.0 Å². The van der Waals surface area contributed by atoms with Gasteiger partial charge in [0.2, 0.25) is 0 Å². The smallest absolute Gasteiger partial charge is 0.0444 e. The number of hydrogen-bond donors (Lipinski definition) is 1. The zero-order chi connectivity index (χ0) is 15.8. The Morgan fingerprint density at radius 1 is 0.950 bits per heavy atom. The minimum Gasteiger partial charge on any atom is -0.308 e. The van der Waals surface area contributed by atoms with Crippen LogP contribution in [0.25, 0.3) is 0 Å². The SMILES string of the molecule is CCC(C)NC(CC)C(C)=C(C)[SiH2][Si](CC)(CC)CC. The van der Waals surface area contributed by atoms with Crippen molar-refractivity contribution in [3.63, 3.8) is 0 Å². The second-order valence-electron chi connectivity index (χ2n) is 6.64. The average Bonchev–Trinajstić information content (AvgIpc) is 2.49. The molecule has 2 atom stereocenters. The number of rotatable bonds is 10. The molecule has 0 bridgehead atoms. The molecule has 0 aliphatic rings. The first-order valence-corrected chi connectivity index (χ1v) is 14.5. The van der Waals surface area contributed by atoms with E-state index in [-0.39, 0.29) is 9.04 Å². The van der Waals surface area contributed by atoms with Crippen molar-refractivity contribution in [2.24, 2.45) is 0 Å². The summed E-state index contributed by atoms with van der Waals surface area (Å²) in [6.45, 7) is 19.1. The third-order valence-electron chi connectivity index (χ3n) is 5.59. The minimum atomic E-state index is -0.897. The van der Waals surface area contributed by atoms with Gasteiger partial charge < -0.3 is 5.32 Å². The molecule has 0 aromatic rings. The van der Waals surface area contributed by atoms with E-state index in [4.69, 9.17) is 0 Å². The normalized spacial score (nSPS) is 17.4. The van der Waals surface area contributed by atoms with Gasteiger partial charge in [0.15, 0.2) is 0 Å². The third kappa shape index (κ3) is 5.86. The molecule has 0 aliphatic heterocycles. The summed E-state index contributed by atoms with van der Waals surface area (Å²) in [5.74, 6) is 0. The molecule has 0 aliphatic carbocycles. The Labute approximate surface area is 131 Å². The lowest BCUT2D eigenvalue weighted by Crippen LogP contribution is -2.42. The van der Waals surface area contributed by atoms with E-state index in [2.05, 4.69) is 60.7 Å². The molecule has 0 aromatic carbocycles. The van der Waals surface area contributed by atoms with E-state index in [0.717, 1.165) is 0 Å². The van der Waals surface area contributed by atoms with Crippen LogP contribution >= 0.6 is 0 Å². The summed E-state index contributed by atoms with van der Waals surface area (Å²) in [7, 11) is -0.915. The van der Waals surface area contributed by atoms with Crippen LogP contribution in [0, 0.1) is 0 Å². The van der Waals surface area contributed by atoms with Gasteiger partial charge in [-0.15, -0.1) is 0 Å². The summed E-state index contributed by atoms with van der Waals surface area (Å²) >= 11 is 0. The fraction of sp³-hybridized carbons (Fsp3) is 0.882. The number of allylic oxidation sites excluding steroid dienone is 1. The first kappa shape index (κ1) is 20.1. The molecule has 0 radical (unpaired) electrons. The highest BCUT2D eigenvalue weighted by molar-refractivity contribution is 7.27. The number of hydrogen-bond acceptors (Lipinski definition) is 1. The van der Waals surface area contributed by atoms with Crippen LogP contribution in [0.2, 0.25) is 18.1 Å². The average molecular weight is 314 g/mol. The highest BCUT2D eigenvalue weighted by Crippen LogP contribution is 2.23. The molecule has 0 saturated carbocycles. The molecule has 2 unspecified atom stereocenters. The van der Waals surface area contributed by atoms with E-state index in [9.17, 15) is 0 Å². The van der Waals surface area contributed by atoms with Crippen molar-refractivity contribution in [2.75, 3.05) is 0 Å². The molecule has 0 amide bonds. The second kappa shape index (κ2) is 9.96. The Bertz CT molecular complexity index is 287. The quantitative estimate of drug-likeness (QED) is 0.580. The van der Waals surface area contributed by atoms with Crippen LogP contribution in [0.4, 0.5) is 0 Å². The summed E-state index contributed by atoms with van der Waals surface area (Å²) in [6, 6.07) is 5.72. The topological polar surface area (TPSA) is 12.0 Å². The summed E-state index contributed by atoms with van der Waals surface area (Å²) < 4.78 is 0. The maximum Gasteiger partial charge on any atom is 0.0444 e. The predicted octanol–water partition coefficient (Wildman–Crippen LogP) is 4.62. The van der Waals surface area contributed by atoms with E-state index >= 15 is 0 Å². The maximum absolute atomic E-state index is 3.82. The van der Waals surface area contributed by atoms with Crippen LogP contribution < -0.4 is 5.32 Å². The molecule has 0 heterocycles. The molecule has 0 rings (SSSR count). The van der Waals surface area contributed by atoms with E-state index in [1.54, 1.807) is 5.57 Å². The summed E-state index contributed by atoms with van der Waals surface area (Å²) in [6.07, 6.45) is 2.44. The highest BCUT2D eigenvalue weighted by atomic mass is 29.2. The molecule has 1 nitrogen and oxygen atoms in total. The highest BCUT2D eigenvalue weighted by Gasteiger charge is 2.28. The van der Waals surface area contributed by atoms with Crippen LogP contribution in [-0.2, 0) is 0 Å². The van der Waals surface area contributed by atoms with E-state index in [0.29, 0.717) is 12.1 Å². The monoisotopic (exact) mass is 313 g/mol. The van der Waals surface area contributed by atoms with Gasteiger partial charge >= 0.3 is 0 Å². The van der Waals surface area contributed by atoms with Crippen LogP contribution in [0.3, 0.4) is 0 Å². The summed E-state index contributed by atoms with van der Waals surface area (Å²) in [5, 5.41) is 5.63. The Hall–Kier alpha value is 0.134. The van der Waals surface area contributed by atoms with Gasteiger partial charge in [0, 0.05) is 28.7 Å². The van der Waals surface area contributed by atoms with Crippen molar-refractivity contribution in [1.82, 2.24) is 5.32 Å². The molecular formula is C17H39NSi2. The second-order valence-corrected chi connectivity index (χ2v) is 18.7. The van der Waals surface area contributed by atoms with Crippen molar-refractivity contribution in [2.45, 2.75) is 98.4 Å². The Morgan fingerprint density at radius 2 is 1.45 bits per heavy atom. The minimum absolute atomic E-state index is 0.0185. The Kier molecular flexibility index (Phi) is 10.0. The Balaban J connectivity index is 5.01. The largest absolute Gasteiger partial charge is 0.308 e. The fourth-order valence-corrected chi connectivity index (χ4v) is 13.5. The molecule has 3 heteroatoms. The zero-order valence-corrected chi connectivity index (χ0v) is 17.8. The standard InChI is InChI=1S/C17H39NSi2/c1-9-14(6)18-17(10-2)15(7)16(8)19-20(11-3,12-4)13-5/h14,17-18H,9-13,19H2,1-8H3. The van der Waals surface area contributed by atoms with Gasteiger partial charge in [0.25, 0.3) is 0 Å². The van der Waals surface area contributed by atoms with Crippen molar-refractivity contribution >= 4 is 16.6 Å². The zero-order valence-electron chi connectivity index (χ0n) is 15.4. The van der Waals surface area contributed by atoms with Gasteiger partial charge in [0.05, 0.1) is 0 Å². The number of nitrogens with one attached hydrogen (secondary N) is 1. The van der Waals surface area contributed by atoms with Crippen LogP contribution in [0.15, 0.2) is 10.8 Å². The van der Waals surface area contributed by atoms with Crippen molar-refractivity contribution in [1.29, 1.82) is 0 Å². The molecule has 1 N–H and O–H groups in total. The van der Waals surface area contributed by atoms with Crippen LogP contribution in [-0.4, -0.2) is 28.7 Å². The first-order chi connectivity index (χ1) is 9.39. The van der Waals surface area contributed by atoms with Crippen LogP contribution in [0.1, 0.15) is 68.2 Å². The molecule has 0 saturated heterocycles. The maximum atomic E-state index is 3.82. The van der Waals surface area contributed by atoms with Gasteiger partial charge in [-0.3, -0.25) is 0 Å². The van der Waals surface area contributed by atoms with Crippen molar-refractivity contribution in [3.05, 3.63) is 10.8 Å². The van der Waals surface area contributed by atoms with Gasteiger partial charge in [-0.1, -0.05) is 63.5 Å². The molecule has 0 aromatic heterocycles. The molecule has 0 spiro atoms. The lowest BCUT2D eigenvalue weighted by molar-refractivity contribution is 0.462. The van der Waals surface area contributed by atoms with E-state index < -0.39 is 7.59 Å². The van der Waals surface area contributed by atoms with Gasteiger partial charge in [-0.2, -0.15) is 0 Å². The van der Waals surface area contributed by atoms with Crippen LogP contribution in [0.5, 0.6) is 0 Å². The summed E-state index contributed by atoms with van der Waals surface area (Å²) in [5.41, 5.74) is 1.67. The van der Waals surface area contributed by atoms with Gasteiger partial charge in [-0.25, -0.2) is 0 Å².